The molecule has 0 bridgehead atoms. The summed E-state index contributed by atoms with van der Waals surface area (Å²) in [5, 5.41) is 9.20. The molecule has 9 heteroatoms. The Balaban J connectivity index is 2.57. The van der Waals surface area contributed by atoms with Crippen molar-refractivity contribution in [3.8, 4) is 5.75 Å². The van der Waals surface area contributed by atoms with Crippen LogP contribution >= 0.6 is 0 Å². The van der Waals surface area contributed by atoms with Crippen LogP contribution in [0.4, 0.5) is 8.78 Å². The highest BCUT2D eigenvalue weighted by Crippen LogP contribution is 2.38. The lowest BCUT2D eigenvalue weighted by molar-refractivity contribution is -0.138. The van der Waals surface area contributed by atoms with E-state index in [0.717, 1.165) is 10.4 Å². The number of ether oxygens (including phenoxy) is 1. The molecule has 0 fully saturated rings. The molecule has 132 valence electrons. The van der Waals surface area contributed by atoms with E-state index in [4.69, 9.17) is 4.74 Å². The fourth-order valence-electron chi connectivity index (χ4n) is 2.22. The van der Waals surface area contributed by atoms with E-state index in [2.05, 4.69) is 0 Å². The smallest absolute Gasteiger partial charge is 0.335 e. The first kappa shape index (κ1) is 18.3. The van der Waals surface area contributed by atoms with Crippen LogP contribution in [0.2, 0.25) is 0 Å². The molecule has 0 aromatic heterocycles. The average molecular weight is 361 g/mol. The van der Waals surface area contributed by atoms with Gasteiger partial charge in [-0.1, -0.05) is 6.92 Å². The topological polar surface area (TPSA) is 83.9 Å². The summed E-state index contributed by atoms with van der Waals surface area (Å²) in [6.45, 7) is 1.23. The summed E-state index contributed by atoms with van der Waals surface area (Å²) in [5.41, 5.74) is -0.493. The van der Waals surface area contributed by atoms with Gasteiger partial charge < -0.3 is 9.84 Å². The molecule has 1 aliphatic heterocycles. The normalized spacial score (nSPS) is 17.9. The number of aliphatic carboxylic acids is 1. The second kappa shape index (κ2) is 6.14. The number of hydrogen-bond donors (Lipinski definition) is 1. The molecule has 6 nitrogen and oxygen atoms in total. The Morgan fingerprint density at radius 1 is 1.38 bits per heavy atom. The Morgan fingerprint density at radius 2 is 2.00 bits per heavy atom. The van der Waals surface area contributed by atoms with Crippen molar-refractivity contribution < 1.29 is 31.8 Å². The first-order chi connectivity index (χ1) is 11.0. The predicted molar refractivity (Wildman–Crippen MR) is 82.6 cm³/mol. The molecule has 1 atom stereocenters. The third-order valence-corrected chi connectivity index (χ3v) is 5.51. The Morgan fingerprint density at radius 3 is 2.50 bits per heavy atom. The quantitative estimate of drug-likeness (QED) is 0.869. The van der Waals surface area contributed by atoms with Gasteiger partial charge >= 0.3 is 5.97 Å². The van der Waals surface area contributed by atoms with Crippen molar-refractivity contribution in [3.05, 3.63) is 29.3 Å². The number of fused-ring (bicyclic) bond motifs is 1. The fraction of sp³-hybridized carbons (Fsp3) is 0.400. The van der Waals surface area contributed by atoms with E-state index < -0.39 is 40.0 Å². The van der Waals surface area contributed by atoms with Crippen LogP contribution in [0.25, 0.3) is 6.08 Å². The molecule has 0 saturated carbocycles. The number of benzene rings is 1. The van der Waals surface area contributed by atoms with E-state index in [9.17, 15) is 27.1 Å². The van der Waals surface area contributed by atoms with Crippen molar-refractivity contribution >= 4 is 22.1 Å². The van der Waals surface area contributed by atoms with Crippen molar-refractivity contribution in [2.45, 2.75) is 30.3 Å². The monoisotopic (exact) mass is 361 g/mol. The summed E-state index contributed by atoms with van der Waals surface area (Å²) in [5.74, 6) is -4.90. The van der Waals surface area contributed by atoms with E-state index in [1.165, 1.54) is 39.2 Å². The summed E-state index contributed by atoms with van der Waals surface area (Å²) >= 11 is 0. The van der Waals surface area contributed by atoms with Gasteiger partial charge in [-0.25, -0.2) is 26.3 Å². The lowest BCUT2D eigenvalue weighted by Gasteiger charge is -2.31. The van der Waals surface area contributed by atoms with E-state index in [0.29, 0.717) is 0 Å². The van der Waals surface area contributed by atoms with Crippen molar-refractivity contribution in [1.82, 2.24) is 4.31 Å². The molecular weight excluding hydrogens is 344 g/mol. The first-order valence-electron chi connectivity index (χ1n) is 7.06. The molecule has 0 amide bonds. The van der Waals surface area contributed by atoms with E-state index in [-0.39, 0.29) is 16.2 Å². The molecule has 1 unspecified atom stereocenters. The molecule has 1 heterocycles. The molecule has 0 radical (unpaired) electrons. The summed E-state index contributed by atoms with van der Waals surface area (Å²) in [6, 6.07) is 3.68. The third-order valence-electron chi connectivity index (χ3n) is 3.70. The molecular formula is C15H17F2NO5S. The van der Waals surface area contributed by atoms with Crippen molar-refractivity contribution in [2.24, 2.45) is 0 Å². The number of nitrogens with zero attached hydrogens (tertiary/aromatic N) is 1. The minimum Gasteiger partial charge on any atom is -0.478 e. The van der Waals surface area contributed by atoms with E-state index in [1.54, 1.807) is 0 Å². The minimum absolute atomic E-state index is 0.0100. The number of carboxylic acid groups (broad SMARTS) is 1. The lowest BCUT2D eigenvalue weighted by atomic mass is 9.96. The van der Waals surface area contributed by atoms with Crippen molar-refractivity contribution in [2.75, 3.05) is 14.1 Å². The summed E-state index contributed by atoms with van der Waals surface area (Å²) in [6.07, 6.45) is -1.49. The van der Waals surface area contributed by atoms with E-state index >= 15 is 0 Å². The Kier molecular flexibility index (Phi) is 4.69. The van der Waals surface area contributed by atoms with Crippen LogP contribution in [-0.2, 0) is 14.8 Å². The van der Waals surface area contributed by atoms with Crippen LogP contribution in [0.5, 0.6) is 5.75 Å². The van der Waals surface area contributed by atoms with Gasteiger partial charge in [-0.3, -0.25) is 0 Å². The highest BCUT2D eigenvalue weighted by Gasteiger charge is 2.46. The zero-order valence-corrected chi connectivity index (χ0v) is 14.1. The summed E-state index contributed by atoms with van der Waals surface area (Å²) < 4.78 is 58.4. The Labute approximate surface area is 138 Å². The third kappa shape index (κ3) is 3.13. The van der Waals surface area contributed by atoms with Gasteiger partial charge in [0.05, 0.1) is 10.5 Å². The molecule has 1 aromatic rings. The van der Waals surface area contributed by atoms with Crippen LogP contribution in [0.1, 0.15) is 18.9 Å². The zero-order valence-electron chi connectivity index (χ0n) is 13.3. The predicted octanol–water partition coefficient (Wildman–Crippen LogP) is 2.21. The second-order valence-electron chi connectivity index (χ2n) is 5.50. The van der Waals surface area contributed by atoms with Crippen LogP contribution in [-0.4, -0.2) is 49.9 Å². The Bertz CT molecular complexity index is 802. The van der Waals surface area contributed by atoms with Crippen LogP contribution < -0.4 is 4.74 Å². The molecule has 0 spiro atoms. The lowest BCUT2D eigenvalue weighted by Crippen LogP contribution is -2.42. The molecule has 0 saturated heterocycles. The molecule has 0 aliphatic carbocycles. The number of carboxylic acids is 1. The number of carbonyl (C=O) groups is 1. The maximum atomic E-state index is 14.0. The summed E-state index contributed by atoms with van der Waals surface area (Å²) in [7, 11) is -1.04. The van der Waals surface area contributed by atoms with Gasteiger partial charge in [0.15, 0.2) is 6.10 Å². The van der Waals surface area contributed by atoms with Crippen LogP contribution in [0, 0.1) is 0 Å². The van der Waals surface area contributed by atoms with Gasteiger partial charge in [0, 0.05) is 26.1 Å². The van der Waals surface area contributed by atoms with Crippen molar-refractivity contribution in [1.29, 1.82) is 0 Å². The standard InChI is InChI=1S/C15H17F2NO5S/c1-4-15(16,17)13-11(14(19)20)8-9-7-10(5-6-12(9)23-13)24(21,22)18(2)3/h5-8,13H,4H2,1-3H3,(H,19,20). The highest BCUT2D eigenvalue weighted by molar-refractivity contribution is 7.89. The molecule has 2 rings (SSSR count). The number of halogens is 2. The van der Waals surface area contributed by atoms with Gasteiger partial charge in [-0.2, -0.15) is 0 Å². The van der Waals surface area contributed by atoms with Crippen LogP contribution in [0.3, 0.4) is 0 Å². The fourth-order valence-corrected chi connectivity index (χ4v) is 3.16. The summed E-state index contributed by atoms with van der Waals surface area (Å²) in [4.78, 5) is 11.2. The maximum absolute atomic E-state index is 14.0. The molecule has 1 aliphatic rings. The second-order valence-corrected chi connectivity index (χ2v) is 7.66. The zero-order chi connectivity index (χ0) is 18.3. The number of rotatable bonds is 5. The van der Waals surface area contributed by atoms with Gasteiger partial charge in [0.1, 0.15) is 5.75 Å². The highest BCUT2D eigenvalue weighted by atomic mass is 32.2. The molecule has 24 heavy (non-hydrogen) atoms. The van der Waals surface area contributed by atoms with Crippen LogP contribution in [0.15, 0.2) is 28.7 Å². The van der Waals surface area contributed by atoms with E-state index in [1.807, 2.05) is 0 Å². The average Bonchev–Trinajstić information content (AvgIpc) is 2.52. The number of sulfonamides is 1. The number of hydrogen-bond acceptors (Lipinski definition) is 4. The van der Waals surface area contributed by atoms with Gasteiger partial charge in [-0.05, 0) is 24.3 Å². The Hall–Kier alpha value is -2.00. The largest absolute Gasteiger partial charge is 0.478 e. The first-order valence-corrected chi connectivity index (χ1v) is 8.50. The SMILES string of the molecule is CCC(F)(F)C1Oc2ccc(S(=O)(=O)N(C)C)cc2C=C1C(=O)O. The van der Waals surface area contributed by atoms with Gasteiger partial charge in [0.25, 0.3) is 5.92 Å². The van der Waals surface area contributed by atoms with Crippen molar-refractivity contribution in [3.63, 3.8) is 0 Å². The van der Waals surface area contributed by atoms with Gasteiger partial charge in [0.2, 0.25) is 10.0 Å². The number of alkyl halides is 2. The maximum Gasteiger partial charge on any atom is 0.335 e. The molecule has 1 N–H and O–H groups in total. The minimum atomic E-state index is -3.74. The van der Waals surface area contributed by atoms with Gasteiger partial charge in [-0.15, -0.1) is 0 Å². The molecule has 1 aromatic carbocycles.